The first-order valence-corrected chi connectivity index (χ1v) is 13.9. The van der Waals surface area contributed by atoms with E-state index in [0.717, 1.165) is 50.9 Å². The molecule has 0 atom stereocenters. The summed E-state index contributed by atoms with van der Waals surface area (Å²) < 4.78 is 20.5. The number of hydrogen-bond donors (Lipinski definition) is 3. The van der Waals surface area contributed by atoms with Crippen molar-refractivity contribution in [3.63, 3.8) is 0 Å². The summed E-state index contributed by atoms with van der Waals surface area (Å²) in [5, 5.41) is 12.1. The lowest BCUT2D eigenvalue weighted by Gasteiger charge is -2.12. The molecular formula is C32H31FN8O2. The molecule has 0 fully saturated rings. The van der Waals surface area contributed by atoms with E-state index >= 15 is 0 Å². The number of hydrogen-bond acceptors (Lipinski definition) is 7. The molecular weight excluding hydrogens is 547 g/mol. The van der Waals surface area contributed by atoms with Crippen LogP contribution in [0.1, 0.15) is 13.8 Å². The first-order chi connectivity index (χ1) is 20.7. The first kappa shape index (κ1) is 28.0. The van der Waals surface area contributed by atoms with Crippen LogP contribution in [-0.4, -0.2) is 68.2 Å². The van der Waals surface area contributed by atoms with E-state index in [4.69, 9.17) is 4.74 Å². The highest BCUT2D eigenvalue weighted by Crippen LogP contribution is 2.35. The average Bonchev–Trinajstić information content (AvgIpc) is 3.60. The lowest BCUT2D eigenvalue weighted by Crippen LogP contribution is -2.19. The molecule has 1 amide bonds. The summed E-state index contributed by atoms with van der Waals surface area (Å²) in [5.74, 6) is -0.147. The van der Waals surface area contributed by atoms with Gasteiger partial charge in [0.05, 0.1) is 35.0 Å². The van der Waals surface area contributed by atoms with Crippen molar-refractivity contribution in [1.29, 1.82) is 0 Å². The number of fused-ring (bicyclic) bond motifs is 2. The van der Waals surface area contributed by atoms with Gasteiger partial charge in [0.25, 0.3) is 0 Å². The van der Waals surface area contributed by atoms with Gasteiger partial charge in [-0.2, -0.15) is 5.10 Å². The molecule has 3 N–H and O–H groups in total. The Hall–Kier alpha value is -5.16. The summed E-state index contributed by atoms with van der Waals surface area (Å²) in [6.07, 6.45) is 8.54. The molecule has 0 aliphatic rings. The number of pyridine rings is 3. The van der Waals surface area contributed by atoms with E-state index in [1.54, 1.807) is 31.0 Å². The molecule has 0 unspecified atom stereocenters. The Kier molecular flexibility index (Phi) is 7.56. The third-order valence-electron chi connectivity index (χ3n) is 7.08. The number of anilines is 1. The molecule has 1 aromatic carbocycles. The third-order valence-corrected chi connectivity index (χ3v) is 7.08. The Labute approximate surface area is 247 Å². The minimum absolute atomic E-state index is 0.0800. The molecule has 0 saturated heterocycles. The fraction of sp³-hybridized carbons (Fsp3) is 0.219. The highest BCUT2D eigenvalue weighted by molar-refractivity contribution is 6.01. The predicted octanol–water partition coefficient (Wildman–Crippen LogP) is 5.90. The number of carbonyl (C=O) groups is 1. The largest absolute Gasteiger partial charge is 0.492 e. The number of nitrogens with zero attached hydrogens (tertiary/aromatic N) is 5. The molecule has 0 bridgehead atoms. The Morgan fingerprint density at radius 1 is 0.953 bits per heavy atom. The van der Waals surface area contributed by atoms with E-state index in [1.807, 2.05) is 57.1 Å². The fourth-order valence-corrected chi connectivity index (χ4v) is 4.78. The van der Waals surface area contributed by atoms with Gasteiger partial charge >= 0.3 is 0 Å². The van der Waals surface area contributed by atoms with Gasteiger partial charge in [-0.3, -0.25) is 19.9 Å². The van der Waals surface area contributed by atoms with Gasteiger partial charge in [-0.25, -0.2) is 9.37 Å². The van der Waals surface area contributed by atoms with Crippen molar-refractivity contribution in [1.82, 2.24) is 35.0 Å². The lowest BCUT2D eigenvalue weighted by molar-refractivity contribution is -0.118. The number of halogens is 1. The van der Waals surface area contributed by atoms with Gasteiger partial charge in [0.1, 0.15) is 18.2 Å². The summed E-state index contributed by atoms with van der Waals surface area (Å²) >= 11 is 0. The van der Waals surface area contributed by atoms with Crippen LogP contribution in [0.5, 0.6) is 5.75 Å². The van der Waals surface area contributed by atoms with Crippen LogP contribution >= 0.6 is 0 Å². The van der Waals surface area contributed by atoms with E-state index in [0.29, 0.717) is 29.3 Å². The second-order valence-corrected chi connectivity index (χ2v) is 11.0. The summed E-state index contributed by atoms with van der Waals surface area (Å²) in [7, 11) is 3.92. The van der Waals surface area contributed by atoms with Crippen LogP contribution < -0.4 is 10.1 Å². The van der Waals surface area contributed by atoms with Gasteiger partial charge in [0, 0.05) is 64.6 Å². The van der Waals surface area contributed by atoms with Crippen LogP contribution in [0, 0.1) is 11.7 Å². The number of benzene rings is 1. The Balaban J connectivity index is 1.36. The lowest BCUT2D eigenvalue weighted by atomic mass is 10.0. The second kappa shape index (κ2) is 11.6. The molecule has 43 heavy (non-hydrogen) atoms. The summed E-state index contributed by atoms with van der Waals surface area (Å²) in [4.78, 5) is 30.9. The predicted molar refractivity (Wildman–Crippen MR) is 165 cm³/mol. The summed E-state index contributed by atoms with van der Waals surface area (Å²) in [6, 6.07) is 10.5. The second-order valence-electron chi connectivity index (χ2n) is 11.0. The Bertz CT molecular complexity index is 1950. The summed E-state index contributed by atoms with van der Waals surface area (Å²) in [5.41, 5.74) is 6.54. The smallest absolute Gasteiger partial charge is 0.226 e. The standard InChI is InChI=1S/C32H31FN8O2/c1-18(2)32(42)37-23-8-20(13-34-15-23)21-10-26-30(39-40-31(26)36-14-21)28-12-25-27(16-35-17-29(25)38-28)19-7-22(33)11-24(9-19)43-6-5-41(3)4/h7-18,38H,5-6H2,1-4H3,(H,37,42)(H,36,39,40). The van der Waals surface area contributed by atoms with E-state index in [1.165, 1.54) is 12.1 Å². The number of ether oxygens (including phenoxy) is 1. The maximum atomic E-state index is 14.6. The zero-order chi connectivity index (χ0) is 30.1. The Morgan fingerprint density at radius 2 is 1.77 bits per heavy atom. The van der Waals surface area contributed by atoms with E-state index in [2.05, 4.69) is 35.5 Å². The van der Waals surface area contributed by atoms with Crippen LogP contribution in [0.4, 0.5) is 10.1 Å². The van der Waals surface area contributed by atoms with Crippen LogP contribution in [0.15, 0.2) is 67.4 Å². The topological polar surface area (TPSA) is 125 Å². The van der Waals surface area contributed by atoms with Crippen LogP contribution in [0.25, 0.3) is 55.6 Å². The maximum Gasteiger partial charge on any atom is 0.226 e. The van der Waals surface area contributed by atoms with E-state index in [9.17, 15) is 9.18 Å². The van der Waals surface area contributed by atoms with Crippen molar-refractivity contribution < 1.29 is 13.9 Å². The maximum absolute atomic E-state index is 14.6. The van der Waals surface area contributed by atoms with Crippen molar-refractivity contribution >= 4 is 33.5 Å². The molecule has 5 aromatic heterocycles. The van der Waals surface area contributed by atoms with Crippen LogP contribution in [0.2, 0.25) is 0 Å². The van der Waals surface area contributed by atoms with Gasteiger partial charge in [-0.15, -0.1) is 0 Å². The van der Waals surface area contributed by atoms with Crippen LogP contribution in [-0.2, 0) is 4.79 Å². The summed E-state index contributed by atoms with van der Waals surface area (Å²) in [6.45, 7) is 4.84. The Morgan fingerprint density at radius 3 is 2.58 bits per heavy atom. The van der Waals surface area contributed by atoms with E-state index in [-0.39, 0.29) is 17.6 Å². The molecule has 6 rings (SSSR count). The normalized spacial score (nSPS) is 11.6. The van der Waals surface area contributed by atoms with Crippen LogP contribution in [0.3, 0.4) is 0 Å². The van der Waals surface area contributed by atoms with Crippen molar-refractivity contribution in [3.05, 3.63) is 73.2 Å². The van der Waals surface area contributed by atoms with Crippen molar-refractivity contribution in [2.45, 2.75) is 13.8 Å². The van der Waals surface area contributed by atoms with Gasteiger partial charge in [0.2, 0.25) is 5.91 Å². The quantitative estimate of drug-likeness (QED) is 0.195. The van der Waals surface area contributed by atoms with Crippen molar-refractivity contribution in [2.24, 2.45) is 5.92 Å². The highest BCUT2D eigenvalue weighted by Gasteiger charge is 2.16. The fourth-order valence-electron chi connectivity index (χ4n) is 4.78. The number of aromatic amines is 2. The zero-order valence-electron chi connectivity index (χ0n) is 24.3. The number of rotatable bonds is 9. The average molecular weight is 579 g/mol. The molecule has 6 aromatic rings. The van der Waals surface area contributed by atoms with Crippen molar-refractivity contribution in [2.75, 3.05) is 32.6 Å². The number of carbonyl (C=O) groups excluding carboxylic acids is 1. The molecule has 0 radical (unpaired) electrons. The van der Waals surface area contributed by atoms with Crippen molar-refractivity contribution in [3.8, 4) is 39.4 Å². The first-order valence-electron chi connectivity index (χ1n) is 13.9. The minimum atomic E-state index is -0.384. The number of aromatic nitrogens is 6. The van der Waals surface area contributed by atoms with Gasteiger partial charge in [-0.05, 0) is 50.0 Å². The molecule has 0 aliphatic carbocycles. The number of nitrogens with one attached hydrogen (secondary N) is 3. The van der Waals surface area contributed by atoms with E-state index < -0.39 is 0 Å². The number of H-pyrrole nitrogens is 2. The highest BCUT2D eigenvalue weighted by atomic mass is 19.1. The zero-order valence-corrected chi connectivity index (χ0v) is 24.3. The number of likely N-dealkylation sites (N-methyl/N-ethyl adjacent to an activating group) is 1. The number of amides is 1. The van der Waals surface area contributed by atoms with Gasteiger partial charge in [-0.1, -0.05) is 13.8 Å². The third kappa shape index (κ3) is 5.93. The molecule has 5 heterocycles. The minimum Gasteiger partial charge on any atom is -0.492 e. The molecule has 0 aliphatic heterocycles. The van der Waals surface area contributed by atoms with Gasteiger partial charge in [0.15, 0.2) is 5.65 Å². The molecule has 0 saturated carbocycles. The van der Waals surface area contributed by atoms with Gasteiger partial charge < -0.3 is 19.9 Å². The monoisotopic (exact) mass is 578 g/mol. The molecule has 10 nitrogen and oxygen atoms in total. The molecule has 0 spiro atoms. The molecule has 11 heteroatoms. The molecule has 218 valence electrons. The SMILES string of the molecule is CC(C)C(=O)Nc1cncc(-c2cnc3n[nH]c(-c4cc5c(-c6cc(F)cc(OCCN(C)C)c6)cncc5[nH]4)c3c2)c1.